The molecule has 0 atom stereocenters. The fourth-order valence-corrected chi connectivity index (χ4v) is 2.44. The van der Waals surface area contributed by atoms with Crippen LogP contribution in [0.4, 0.5) is 5.82 Å². The van der Waals surface area contributed by atoms with E-state index < -0.39 is 0 Å². The number of anilines is 1. The molecule has 0 saturated carbocycles. The first kappa shape index (κ1) is 13.6. The van der Waals surface area contributed by atoms with Crippen LogP contribution in [0, 0.1) is 0 Å². The predicted octanol–water partition coefficient (Wildman–Crippen LogP) is 2.88. The van der Waals surface area contributed by atoms with Crippen molar-refractivity contribution in [3.8, 4) is 11.4 Å². The molecular weight excluding hydrogens is 238 g/mol. The molecule has 0 radical (unpaired) electrons. The maximum Gasteiger partial charge on any atom is 0.133 e. The van der Waals surface area contributed by atoms with E-state index >= 15 is 0 Å². The van der Waals surface area contributed by atoms with Gasteiger partial charge in [0.15, 0.2) is 0 Å². The highest BCUT2D eigenvalue weighted by atomic mass is 15.2. The van der Waals surface area contributed by atoms with E-state index in [0.717, 1.165) is 42.4 Å². The highest BCUT2D eigenvalue weighted by Crippen LogP contribution is 2.29. The minimum absolute atomic E-state index is 0.318. The molecule has 5 heteroatoms. The first-order valence-corrected chi connectivity index (χ1v) is 6.97. The van der Waals surface area contributed by atoms with Gasteiger partial charge in [0, 0.05) is 19.0 Å². The standard InChI is InChI=1S/C14H23N5/c1-5-7-18-9-16-8-11(18)13-14(15)19(10(3)4)12(6-2)17-13/h8-10H,5-7,15H2,1-4H3. The SMILES string of the molecule is CCCn1cncc1-c1nc(CC)n(C(C)C)c1N. The predicted molar refractivity (Wildman–Crippen MR) is 77.9 cm³/mol. The third kappa shape index (κ3) is 2.37. The highest BCUT2D eigenvalue weighted by molar-refractivity contribution is 5.68. The van der Waals surface area contributed by atoms with Gasteiger partial charge < -0.3 is 14.9 Å². The number of rotatable bonds is 5. The van der Waals surface area contributed by atoms with E-state index in [0.29, 0.717) is 6.04 Å². The van der Waals surface area contributed by atoms with E-state index in [4.69, 9.17) is 10.7 Å². The topological polar surface area (TPSA) is 61.7 Å². The Morgan fingerprint density at radius 1 is 1.32 bits per heavy atom. The lowest BCUT2D eigenvalue weighted by Crippen LogP contribution is -2.09. The summed E-state index contributed by atoms with van der Waals surface area (Å²) in [7, 11) is 0. The van der Waals surface area contributed by atoms with Crippen molar-refractivity contribution in [1.29, 1.82) is 0 Å². The summed E-state index contributed by atoms with van der Waals surface area (Å²) in [6.07, 6.45) is 5.63. The van der Waals surface area contributed by atoms with E-state index in [-0.39, 0.29) is 0 Å². The largest absolute Gasteiger partial charge is 0.383 e. The van der Waals surface area contributed by atoms with Crippen LogP contribution in [0.15, 0.2) is 12.5 Å². The number of aromatic nitrogens is 4. The summed E-state index contributed by atoms with van der Waals surface area (Å²) in [6.45, 7) is 9.45. The lowest BCUT2D eigenvalue weighted by Gasteiger charge is -2.12. The molecule has 19 heavy (non-hydrogen) atoms. The van der Waals surface area contributed by atoms with Crippen molar-refractivity contribution in [1.82, 2.24) is 19.1 Å². The molecule has 0 bridgehead atoms. The van der Waals surface area contributed by atoms with Gasteiger partial charge in [-0.2, -0.15) is 0 Å². The molecule has 0 aliphatic heterocycles. The van der Waals surface area contributed by atoms with Crippen LogP contribution in [0.2, 0.25) is 0 Å². The maximum atomic E-state index is 6.30. The molecule has 0 aromatic carbocycles. The Labute approximate surface area is 114 Å². The Hall–Kier alpha value is -1.78. The lowest BCUT2D eigenvalue weighted by atomic mass is 10.3. The Kier molecular flexibility index (Phi) is 3.93. The zero-order valence-corrected chi connectivity index (χ0v) is 12.2. The van der Waals surface area contributed by atoms with E-state index in [1.165, 1.54) is 0 Å². The Morgan fingerprint density at radius 2 is 2.05 bits per heavy atom. The van der Waals surface area contributed by atoms with Crippen molar-refractivity contribution < 1.29 is 0 Å². The molecule has 0 unspecified atom stereocenters. The van der Waals surface area contributed by atoms with Crippen molar-refractivity contribution in [3.63, 3.8) is 0 Å². The van der Waals surface area contributed by atoms with Crippen LogP contribution in [0.1, 0.15) is 46.0 Å². The number of nitrogens with zero attached hydrogens (tertiary/aromatic N) is 4. The van der Waals surface area contributed by atoms with E-state index in [2.05, 4.69) is 41.8 Å². The second kappa shape index (κ2) is 5.47. The van der Waals surface area contributed by atoms with Crippen LogP contribution >= 0.6 is 0 Å². The van der Waals surface area contributed by atoms with Crippen molar-refractivity contribution in [2.75, 3.05) is 5.73 Å². The Bertz CT molecular complexity index is 550. The van der Waals surface area contributed by atoms with Gasteiger partial charge >= 0.3 is 0 Å². The number of hydrogen-bond acceptors (Lipinski definition) is 3. The number of imidazole rings is 2. The van der Waals surface area contributed by atoms with Crippen LogP contribution in [-0.2, 0) is 13.0 Å². The summed E-state index contributed by atoms with van der Waals surface area (Å²) >= 11 is 0. The normalized spacial score (nSPS) is 11.4. The quantitative estimate of drug-likeness (QED) is 0.900. The zero-order chi connectivity index (χ0) is 14.0. The monoisotopic (exact) mass is 261 g/mol. The number of nitrogens with two attached hydrogens (primary N) is 1. The van der Waals surface area contributed by atoms with E-state index in [1.54, 1.807) is 0 Å². The Balaban J connectivity index is 2.53. The van der Waals surface area contributed by atoms with Crippen LogP contribution in [-0.4, -0.2) is 19.1 Å². The molecule has 0 saturated heterocycles. The molecule has 0 aliphatic carbocycles. The third-order valence-electron chi connectivity index (χ3n) is 3.27. The van der Waals surface area contributed by atoms with Crippen LogP contribution in [0.5, 0.6) is 0 Å². The van der Waals surface area contributed by atoms with Crippen LogP contribution in [0.25, 0.3) is 11.4 Å². The molecule has 5 nitrogen and oxygen atoms in total. The number of nitrogen functional groups attached to an aromatic ring is 1. The van der Waals surface area contributed by atoms with Gasteiger partial charge in [-0.1, -0.05) is 13.8 Å². The summed E-state index contributed by atoms with van der Waals surface area (Å²) in [5, 5.41) is 0. The minimum atomic E-state index is 0.318. The minimum Gasteiger partial charge on any atom is -0.383 e. The van der Waals surface area contributed by atoms with Gasteiger partial charge in [0.25, 0.3) is 0 Å². The van der Waals surface area contributed by atoms with Gasteiger partial charge in [0.1, 0.15) is 17.3 Å². The fourth-order valence-electron chi connectivity index (χ4n) is 2.44. The molecule has 0 fully saturated rings. The van der Waals surface area contributed by atoms with Crippen molar-refractivity contribution in [3.05, 3.63) is 18.3 Å². The molecule has 0 aliphatic rings. The molecular formula is C14H23N5. The summed E-state index contributed by atoms with van der Waals surface area (Å²) in [5.41, 5.74) is 8.16. The average Bonchev–Trinajstić information content (AvgIpc) is 2.93. The van der Waals surface area contributed by atoms with Crippen LogP contribution in [0.3, 0.4) is 0 Å². The molecule has 0 spiro atoms. The molecule has 2 rings (SSSR count). The molecule has 2 aromatic rings. The molecule has 0 amide bonds. The van der Waals surface area contributed by atoms with Gasteiger partial charge in [-0.15, -0.1) is 0 Å². The highest BCUT2D eigenvalue weighted by Gasteiger charge is 2.19. The first-order valence-electron chi connectivity index (χ1n) is 6.97. The molecule has 2 N–H and O–H groups in total. The molecule has 2 heterocycles. The van der Waals surface area contributed by atoms with Gasteiger partial charge in [-0.25, -0.2) is 9.97 Å². The summed E-state index contributed by atoms with van der Waals surface area (Å²) in [4.78, 5) is 8.94. The van der Waals surface area contributed by atoms with Crippen molar-refractivity contribution in [2.45, 2.75) is 53.1 Å². The summed E-state index contributed by atoms with van der Waals surface area (Å²) < 4.78 is 4.22. The lowest BCUT2D eigenvalue weighted by molar-refractivity contribution is 0.579. The van der Waals surface area contributed by atoms with E-state index in [1.807, 2.05) is 12.5 Å². The summed E-state index contributed by atoms with van der Waals surface area (Å²) in [6, 6.07) is 0.318. The number of hydrogen-bond donors (Lipinski definition) is 1. The smallest absolute Gasteiger partial charge is 0.133 e. The number of aryl methyl sites for hydroxylation is 2. The maximum absolute atomic E-state index is 6.30. The van der Waals surface area contributed by atoms with Crippen LogP contribution < -0.4 is 5.73 Å². The fraction of sp³-hybridized carbons (Fsp3) is 0.571. The molecule has 104 valence electrons. The van der Waals surface area contributed by atoms with E-state index in [9.17, 15) is 0 Å². The van der Waals surface area contributed by atoms with Gasteiger partial charge in [-0.05, 0) is 20.3 Å². The van der Waals surface area contributed by atoms with Gasteiger partial charge in [-0.3, -0.25) is 0 Å². The Morgan fingerprint density at radius 3 is 2.58 bits per heavy atom. The van der Waals surface area contributed by atoms with Gasteiger partial charge in [0.05, 0.1) is 18.2 Å². The zero-order valence-electron chi connectivity index (χ0n) is 12.2. The third-order valence-corrected chi connectivity index (χ3v) is 3.27. The van der Waals surface area contributed by atoms with Crippen molar-refractivity contribution >= 4 is 5.82 Å². The van der Waals surface area contributed by atoms with Gasteiger partial charge in [0.2, 0.25) is 0 Å². The average molecular weight is 261 g/mol. The first-order chi connectivity index (χ1) is 9.10. The molecule has 2 aromatic heterocycles. The summed E-state index contributed by atoms with van der Waals surface area (Å²) in [5.74, 6) is 1.77. The second-order valence-corrected chi connectivity index (χ2v) is 5.05. The van der Waals surface area contributed by atoms with Crippen molar-refractivity contribution in [2.24, 2.45) is 0 Å². The second-order valence-electron chi connectivity index (χ2n) is 5.05.